The molecule has 6 nitrogen and oxygen atoms in total. The summed E-state index contributed by atoms with van der Waals surface area (Å²) in [6.07, 6.45) is -2.30. The Balaban J connectivity index is 0. The third-order valence-corrected chi connectivity index (χ3v) is 0.910. The maximum absolute atomic E-state index is 10.2. The van der Waals surface area contributed by atoms with Gasteiger partial charge in [0.05, 0.1) is 6.42 Å². The highest BCUT2D eigenvalue weighted by Gasteiger charge is 2.18. The second kappa shape index (κ2) is 5.96. The van der Waals surface area contributed by atoms with E-state index in [9.17, 15) is 9.59 Å². The van der Waals surface area contributed by atoms with Crippen molar-refractivity contribution in [1.29, 1.82) is 0 Å². The van der Waals surface area contributed by atoms with Gasteiger partial charge in [0.25, 0.3) is 0 Å². The number of aliphatic hydroxyl groups is 1. The number of aliphatic carboxylic acids is 1. The highest BCUT2D eigenvalue weighted by molar-refractivity contribution is 7.75. The van der Waals surface area contributed by atoms with Crippen LogP contribution in [0.3, 0.4) is 0 Å². The fourth-order valence-electron chi connectivity index (χ4n) is 0.310. The summed E-state index contributed by atoms with van der Waals surface area (Å²) in [5.74, 6) is -2.34. The summed E-state index contributed by atoms with van der Waals surface area (Å²) in [5, 5.41) is 16.6. The van der Waals surface area contributed by atoms with Crippen LogP contribution in [0.25, 0.3) is 0 Å². The molecule has 0 rings (SSSR count). The lowest BCUT2D eigenvalue weighted by molar-refractivity contribution is -0.149. The molecule has 11 heavy (non-hydrogen) atoms. The van der Waals surface area contributed by atoms with Crippen LogP contribution >= 0.6 is 12.9 Å². The number of hydrogen-bond donors (Lipinski definition) is 4. The van der Waals surface area contributed by atoms with Crippen LogP contribution in [0.4, 0.5) is 0 Å². The highest BCUT2D eigenvalue weighted by Crippen LogP contribution is 1.95. The molecule has 7 heteroatoms. The average molecular weight is 183 g/mol. The Morgan fingerprint density at radius 2 is 2.00 bits per heavy atom. The zero-order chi connectivity index (χ0) is 8.15. The van der Waals surface area contributed by atoms with E-state index in [4.69, 9.17) is 10.2 Å². The molecule has 0 aliphatic rings. The molecular weight excluding hydrogens is 174 g/mol. The molecule has 0 aromatic rings. The summed E-state index contributed by atoms with van der Waals surface area (Å²) >= 11 is 3.07. The topological polar surface area (TPSA) is 119 Å². The summed E-state index contributed by atoms with van der Waals surface area (Å²) in [5.41, 5.74) is 0. The van der Waals surface area contributed by atoms with E-state index in [1.54, 1.807) is 0 Å². The van der Waals surface area contributed by atoms with E-state index in [1.165, 1.54) is 0 Å². The molecule has 0 heterocycles. The first-order valence-electron chi connectivity index (χ1n) is 2.33. The predicted octanol–water partition coefficient (Wildman–Crippen LogP) is -0.628. The van der Waals surface area contributed by atoms with E-state index in [-0.39, 0.29) is 6.15 Å². The number of rotatable bonds is 3. The standard InChI is InChI=1S/C4H6O5S.H3N/c5-2(1-3(6)7)4(8)9-10;/h2,5,10H,1H2,(H,6,7);1H3. The van der Waals surface area contributed by atoms with Crippen molar-refractivity contribution in [2.75, 3.05) is 0 Å². The van der Waals surface area contributed by atoms with Gasteiger partial charge in [-0.25, -0.2) is 4.79 Å². The Bertz CT molecular complexity index is 149. The van der Waals surface area contributed by atoms with Gasteiger partial charge >= 0.3 is 11.9 Å². The summed E-state index contributed by atoms with van der Waals surface area (Å²) in [7, 11) is 0. The Morgan fingerprint density at radius 3 is 2.27 bits per heavy atom. The van der Waals surface area contributed by atoms with Crippen LogP contribution < -0.4 is 6.15 Å². The van der Waals surface area contributed by atoms with Gasteiger partial charge in [-0.15, -0.1) is 0 Å². The van der Waals surface area contributed by atoms with E-state index in [1.807, 2.05) is 0 Å². The lowest BCUT2D eigenvalue weighted by Gasteiger charge is -2.01. The second-order valence-electron chi connectivity index (χ2n) is 1.52. The summed E-state index contributed by atoms with van der Waals surface area (Å²) in [6.45, 7) is 0. The van der Waals surface area contributed by atoms with Crippen LogP contribution in [0, 0.1) is 0 Å². The second-order valence-corrected chi connectivity index (χ2v) is 1.71. The molecule has 5 N–H and O–H groups in total. The van der Waals surface area contributed by atoms with Crippen molar-refractivity contribution in [3.63, 3.8) is 0 Å². The van der Waals surface area contributed by atoms with Gasteiger partial charge in [0, 0.05) is 12.9 Å². The minimum atomic E-state index is -1.63. The van der Waals surface area contributed by atoms with Crippen LogP contribution in [0.2, 0.25) is 0 Å². The molecule has 0 radical (unpaired) electrons. The maximum Gasteiger partial charge on any atom is 0.347 e. The Hall–Kier alpha value is -0.790. The van der Waals surface area contributed by atoms with Crippen LogP contribution in [0.5, 0.6) is 0 Å². The molecule has 0 aliphatic carbocycles. The van der Waals surface area contributed by atoms with Gasteiger partial charge < -0.3 is 20.5 Å². The van der Waals surface area contributed by atoms with E-state index in [0.717, 1.165) is 0 Å². The Kier molecular flexibility index (Phi) is 6.96. The number of carbonyl (C=O) groups excluding carboxylic acids is 1. The van der Waals surface area contributed by atoms with Crippen molar-refractivity contribution in [3.8, 4) is 0 Å². The van der Waals surface area contributed by atoms with E-state index < -0.39 is 24.5 Å². The third kappa shape index (κ3) is 5.64. The van der Waals surface area contributed by atoms with Crippen molar-refractivity contribution in [3.05, 3.63) is 0 Å². The fraction of sp³-hybridized carbons (Fsp3) is 0.500. The van der Waals surface area contributed by atoms with Crippen LogP contribution in [0.1, 0.15) is 6.42 Å². The molecule has 0 amide bonds. The number of thiol groups is 1. The lowest BCUT2D eigenvalue weighted by Crippen LogP contribution is -2.23. The maximum atomic E-state index is 10.2. The smallest absolute Gasteiger partial charge is 0.347 e. The van der Waals surface area contributed by atoms with E-state index in [2.05, 4.69) is 17.1 Å². The molecule has 1 atom stereocenters. The molecule has 0 aromatic carbocycles. The van der Waals surface area contributed by atoms with Gasteiger partial charge in [0.15, 0.2) is 6.10 Å². The summed E-state index contributed by atoms with van der Waals surface area (Å²) < 4.78 is 3.76. The quantitative estimate of drug-likeness (QED) is 0.341. The minimum Gasteiger partial charge on any atom is -0.481 e. The first-order chi connectivity index (χ1) is 4.57. The van der Waals surface area contributed by atoms with E-state index in [0.29, 0.717) is 0 Å². The number of hydrogen-bond acceptors (Lipinski definition) is 6. The van der Waals surface area contributed by atoms with Gasteiger partial charge in [-0.2, -0.15) is 0 Å². The average Bonchev–Trinajstić information content (AvgIpc) is 1.85. The zero-order valence-corrected chi connectivity index (χ0v) is 6.45. The molecule has 0 fully saturated rings. The van der Waals surface area contributed by atoms with Crippen molar-refractivity contribution in [2.24, 2.45) is 0 Å². The van der Waals surface area contributed by atoms with Gasteiger partial charge in [-0.05, 0) is 0 Å². The zero-order valence-electron chi connectivity index (χ0n) is 5.56. The Labute approximate surface area is 68.4 Å². The molecule has 0 aliphatic heterocycles. The molecule has 0 bridgehead atoms. The third-order valence-electron chi connectivity index (χ3n) is 0.730. The van der Waals surface area contributed by atoms with Crippen LogP contribution in [0.15, 0.2) is 0 Å². The minimum absolute atomic E-state index is 0. The normalized spacial score (nSPS) is 11.1. The number of carboxylic acids is 1. The van der Waals surface area contributed by atoms with Crippen molar-refractivity contribution in [2.45, 2.75) is 12.5 Å². The largest absolute Gasteiger partial charge is 0.481 e. The summed E-state index contributed by atoms with van der Waals surface area (Å²) in [4.78, 5) is 20.1. The Morgan fingerprint density at radius 1 is 1.55 bits per heavy atom. The van der Waals surface area contributed by atoms with Gasteiger partial charge in [0.2, 0.25) is 0 Å². The molecular formula is C4H9NO5S. The van der Waals surface area contributed by atoms with Gasteiger partial charge in [-0.3, -0.25) is 4.79 Å². The SMILES string of the molecule is N.O=C(O)CC(O)C(=O)OS. The fourth-order valence-corrected chi connectivity index (χ4v) is 0.431. The van der Waals surface area contributed by atoms with Crippen molar-refractivity contribution in [1.82, 2.24) is 6.15 Å². The first-order valence-corrected chi connectivity index (χ1v) is 2.69. The van der Waals surface area contributed by atoms with Gasteiger partial charge in [0.1, 0.15) is 0 Å². The molecule has 0 spiro atoms. The molecule has 1 unspecified atom stereocenters. The molecule has 66 valence electrons. The lowest BCUT2D eigenvalue weighted by atomic mass is 10.3. The number of carboxylic acid groups (broad SMARTS) is 1. The molecule has 0 aromatic heterocycles. The molecule has 0 saturated carbocycles. The monoisotopic (exact) mass is 183 g/mol. The highest BCUT2D eigenvalue weighted by atomic mass is 32.1. The number of aliphatic hydroxyl groups excluding tert-OH is 1. The van der Waals surface area contributed by atoms with Crippen molar-refractivity contribution < 1.29 is 24.0 Å². The van der Waals surface area contributed by atoms with Crippen LogP contribution in [-0.2, 0) is 13.8 Å². The summed E-state index contributed by atoms with van der Waals surface area (Å²) in [6, 6.07) is 0. The van der Waals surface area contributed by atoms with E-state index >= 15 is 0 Å². The number of carbonyl (C=O) groups is 2. The van der Waals surface area contributed by atoms with Crippen LogP contribution in [-0.4, -0.2) is 28.3 Å². The first kappa shape index (κ1) is 12.8. The predicted molar refractivity (Wildman–Crippen MR) is 38.4 cm³/mol. The van der Waals surface area contributed by atoms with Crippen molar-refractivity contribution >= 4 is 24.8 Å². The van der Waals surface area contributed by atoms with Gasteiger partial charge in [-0.1, -0.05) is 0 Å². The molecule has 0 saturated heterocycles.